The largest absolute Gasteiger partial charge is 0.387 e. The zero-order chi connectivity index (χ0) is 45.6. The molecule has 0 aromatic heterocycles. The number of hydrogen-bond donors (Lipinski definition) is 7. The fraction of sp³-hybridized carbons (Fsp3) is 0.535. The third kappa shape index (κ3) is 11.1. The van der Waals surface area contributed by atoms with Crippen LogP contribution in [0.15, 0.2) is 82.3 Å². The number of likely N-dealkylation sites (N-methyl/N-ethyl adjacent to an activating group) is 1. The molecule has 2 aromatic carbocycles. The van der Waals surface area contributed by atoms with Crippen LogP contribution in [0.5, 0.6) is 0 Å². The van der Waals surface area contributed by atoms with Crippen molar-refractivity contribution in [2.24, 2.45) is 0 Å². The monoisotopic (exact) mass is 906 g/mol. The number of nitrogens with zero attached hydrogens (tertiary/aromatic N) is 2. The highest BCUT2D eigenvalue weighted by atomic mass is 32.2. The Kier molecular flexibility index (Phi) is 16.1. The summed E-state index contributed by atoms with van der Waals surface area (Å²) in [7, 11) is -8.81. The van der Waals surface area contributed by atoms with Gasteiger partial charge in [-0.3, -0.25) is 13.9 Å². The molecule has 1 saturated heterocycles. The number of rotatable bonds is 20. The highest BCUT2D eigenvalue weighted by Crippen LogP contribution is 2.48. The number of aliphatic hydroxyl groups is 3. The third-order valence-corrected chi connectivity index (χ3v) is 13.4. The average molecular weight is 907 g/mol. The van der Waals surface area contributed by atoms with Gasteiger partial charge in [0, 0.05) is 67.0 Å². The molecule has 1 amide bonds. The summed E-state index contributed by atoms with van der Waals surface area (Å²) in [5, 5.41) is 41.6. The number of nitrogens with one attached hydrogen (secondary N) is 1. The second-order valence-corrected chi connectivity index (χ2v) is 19.5. The summed E-state index contributed by atoms with van der Waals surface area (Å²) in [6.07, 6.45) is 6.57. The Labute approximate surface area is 363 Å². The Morgan fingerprint density at radius 3 is 2.18 bits per heavy atom. The van der Waals surface area contributed by atoms with Gasteiger partial charge in [0.25, 0.3) is 20.2 Å². The summed E-state index contributed by atoms with van der Waals surface area (Å²) in [4.78, 5) is 18.2. The number of unbranched alkanes of at least 4 members (excludes halogenated alkanes) is 4. The Bertz CT molecular complexity index is 2290. The lowest BCUT2D eigenvalue weighted by Gasteiger charge is -2.38. The lowest BCUT2D eigenvalue weighted by atomic mass is 9.81. The molecule has 3 aliphatic heterocycles. The van der Waals surface area contributed by atoms with E-state index in [4.69, 9.17) is 14.7 Å². The summed E-state index contributed by atoms with van der Waals surface area (Å²) in [6, 6.07) is 9.24. The van der Waals surface area contributed by atoms with E-state index in [0.717, 1.165) is 46.8 Å². The summed E-state index contributed by atoms with van der Waals surface area (Å²) in [5.41, 5.74) is 3.93. The van der Waals surface area contributed by atoms with Crippen molar-refractivity contribution < 1.29 is 70.2 Å². The molecular formula is C43H60N3O14S2+. The van der Waals surface area contributed by atoms with Crippen molar-refractivity contribution in [3.05, 3.63) is 83.6 Å². The molecule has 1 fully saturated rings. The molecule has 19 heteroatoms. The van der Waals surface area contributed by atoms with E-state index in [9.17, 15) is 46.1 Å². The molecule has 5 rings (SSSR count). The van der Waals surface area contributed by atoms with Gasteiger partial charge in [-0.15, -0.1) is 0 Å². The lowest BCUT2D eigenvalue weighted by molar-refractivity contribution is -0.438. The minimum absolute atomic E-state index is 0.0707. The van der Waals surface area contributed by atoms with E-state index in [0.29, 0.717) is 51.7 Å². The quantitative estimate of drug-likeness (QED) is 0.0242. The normalized spacial score (nSPS) is 24.1. The fourth-order valence-corrected chi connectivity index (χ4v) is 9.34. The van der Waals surface area contributed by atoms with E-state index in [1.807, 2.05) is 65.0 Å². The number of amides is 1. The van der Waals surface area contributed by atoms with E-state index in [1.165, 1.54) is 24.3 Å². The number of aliphatic hydroxyl groups excluding tert-OH is 3. The van der Waals surface area contributed by atoms with Gasteiger partial charge in [-0.2, -0.15) is 21.4 Å². The fourth-order valence-electron chi connectivity index (χ4n) is 8.33. The number of anilines is 1. The van der Waals surface area contributed by atoms with Gasteiger partial charge in [0.1, 0.15) is 24.9 Å². The van der Waals surface area contributed by atoms with Crippen LogP contribution in [0.25, 0.3) is 0 Å². The Morgan fingerprint density at radius 2 is 1.52 bits per heavy atom. The number of ether oxygens (including phenoxy) is 2. The topological polar surface area (TPSA) is 253 Å². The molecule has 5 atom stereocenters. The van der Waals surface area contributed by atoms with E-state index in [1.54, 1.807) is 12.1 Å². The molecule has 17 nitrogen and oxygen atoms in total. The van der Waals surface area contributed by atoms with E-state index in [2.05, 4.69) is 19.7 Å². The number of hydrogen-bond acceptors (Lipinski definition) is 13. The predicted molar refractivity (Wildman–Crippen MR) is 229 cm³/mol. The number of fused-ring (bicyclic) bond motifs is 2. The first-order chi connectivity index (χ1) is 29.1. The van der Waals surface area contributed by atoms with Crippen LogP contribution in [-0.4, -0.2) is 120 Å². The molecule has 1 unspecified atom stereocenters. The first-order valence-corrected chi connectivity index (χ1v) is 23.6. The van der Waals surface area contributed by atoms with Gasteiger partial charge in [0.15, 0.2) is 12.0 Å². The second-order valence-electron chi connectivity index (χ2n) is 16.7. The molecule has 3 aliphatic rings. The van der Waals surface area contributed by atoms with Crippen molar-refractivity contribution in [1.29, 1.82) is 0 Å². The number of carbonyl (C=O) groups excluding carboxylic acids is 1. The average Bonchev–Trinajstić information content (AvgIpc) is 3.56. The molecule has 342 valence electrons. The molecule has 0 bridgehead atoms. The Morgan fingerprint density at radius 1 is 0.855 bits per heavy atom. The van der Waals surface area contributed by atoms with Crippen molar-refractivity contribution in [3.63, 3.8) is 0 Å². The third-order valence-electron chi connectivity index (χ3n) is 11.7. The van der Waals surface area contributed by atoms with Crippen molar-refractivity contribution in [1.82, 2.24) is 5.32 Å². The molecule has 0 saturated carbocycles. The second kappa shape index (κ2) is 20.3. The van der Waals surface area contributed by atoms with Gasteiger partial charge in [0.2, 0.25) is 17.9 Å². The number of allylic oxidation sites excluding steroid dienone is 6. The summed E-state index contributed by atoms with van der Waals surface area (Å²) in [5.74, 6) is -0.0707. The zero-order valence-corrected chi connectivity index (χ0v) is 37.3. The molecule has 7 N–H and O–H groups in total. The predicted octanol–water partition coefficient (Wildman–Crippen LogP) is 4.49. The molecule has 0 radical (unpaired) electrons. The maximum absolute atomic E-state index is 12.6. The van der Waals surface area contributed by atoms with Gasteiger partial charge in [0.05, 0.1) is 15.2 Å². The van der Waals surface area contributed by atoms with Crippen LogP contribution in [0, 0.1) is 0 Å². The van der Waals surface area contributed by atoms with E-state index < -0.39 is 62.0 Å². The van der Waals surface area contributed by atoms with Crippen LogP contribution in [0.4, 0.5) is 11.4 Å². The van der Waals surface area contributed by atoms with Crippen LogP contribution < -0.4 is 10.2 Å². The van der Waals surface area contributed by atoms with Crippen LogP contribution in [0.1, 0.15) is 90.7 Å². The van der Waals surface area contributed by atoms with Gasteiger partial charge in [-0.25, -0.2) is 10.1 Å². The SMILES string of the molecule is CCN1/C(=C/C=C/C=C/C2=[N+](CCCCCC(=O)NCCCCCO[C@H]3C(O)O[C@H](OO)[C@H](O)[C@@H]3O)c3ccc(S(=O)(=O)O)cc3C2(C)C)C(C)(C)c2cc(S(=O)(=O)O)ccc21. The van der Waals surface area contributed by atoms with E-state index in [-0.39, 0.29) is 22.3 Å². The standard InChI is InChI=1S/C43H59N3O14S2/c1-6-45-32-21-19-28(61(52,53)54)26-30(32)42(2,3)34(45)16-10-7-11-17-35-43(4,5)31-27-29(62(55,56)57)20-22-33(31)46(35)24-14-8-12-18-36(47)44-23-13-9-15-25-58-39-37(48)38(49)41(60-51)59-40(39)50/h7,10-11,16-17,19-22,26-27,37-41,48-50H,6,8-9,12-15,18,23-25H2,1-5H3,(H3-,44,47,51,52,53,54,55,56,57)/p+1/t37-,38+,39+,40?,41+/m0/s1. The first kappa shape index (κ1) is 49.2. The molecule has 2 aromatic rings. The van der Waals surface area contributed by atoms with Gasteiger partial charge in [-0.1, -0.05) is 32.1 Å². The first-order valence-electron chi connectivity index (χ1n) is 20.7. The van der Waals surface area contributed by atoms with Gasteiger partial charge in [-0.05, 0) is 94.8 Å². The van der Waals surface area contributed by atoms with Crippen molar-refractivity contribution >= 4 is 43.2 Å². The Balaban J connectivity index is 1.16. The van der Waals surface area contributed by atoms with Crippen molar-refractivity contribution in [2.45, 2.75) is 131 Å². The van der Waals surface area contributed by atoms with Crippen molar-refractivity contribution in [2.75, 3.05) is 31.1 Å². The van der Waals surface area contributed by atoms with Crippen LogP contribution >= 0.6 is 0 Å². The Hall–Kier alpha value is -3.86. The molecular weight excluding hydrogens is 847 g/mol. The summed E-state index contributed by atoms with van der Waals surface area (Å²) in [6.45, 7) is 11.9. The maximum atomic E-state index is 12.6. The summed E-state index contributed by atoms with van der Waals surface area (Å²) < 4.78 is 80.0. The van der Waals surface area contributed by atoms with Crippen LogP contribution in [0.3, 0.4) is 0 Å². The van der Waals surface area contributed by atoms with E-state index >= 15 is 0 Å². The highest BCUT2D eigenvalue weighted by molar-refractivity contribution is 7.86. The lowest BCUT2D eigenvalue weighted by Crippen LogP contribution is -2.58. The van der Waals surface area contributed by atoms with Gasteiger partial charge >= 0.3 is 0 Å². The summed E-state index contributed by atoms with van der Waals surface area (Å²) >= 11 is 0. The van der Waals surface area contributed by atoms with Crippen molar-refractivity contribution in [3.8, 4) is 0 Å². The minimum Gasteiger partial charge on any atom is -0.387 e. The highest BCUT2D eigenvalue weighted by Gasteiger charge is 2.46. The molecule has 3 heterocycles. The number of benzene rings is 2. The van der Waals surface area contributed by atoms with Crippen LogP contribution in [0.2, 0.25) is 0 Å². The molecule has 0 aliphatic carbocycles. The molecule has 62 heavy (non-hydrogen) atoms. The zero-order valence-electron chi connectivity index (χ0n) is 35.7. The van der Waals surface area contributed by atoms with Gasteiger partial charge < -0.3 is 35.0 Å². The maximum Gasteiger partial charge on any atom is 0.294 e. The molecule has 0 spiro atoms. The number of carbonyl (C=O) groups is 1. The smallest absolute Gasteiger partial charge is 0.294 e. The minimum atomic E-state index is -4.44. The van der Waals surface area contributed by atoms with Crippen LogP contribution in [-0.2, 0) is 50.2 Å².